The molecule has 0 unspecified atom stereocenters. The number of aliphatic hydroxyl groups excluding tert-OH is 1. The number of pyridine rings is 1. The first kappa shape index (κ1) is 11.2. The smallest absolute Gasteiger partial charge is 0.417 e. The number of halogens is 3. The minimum absolute atomic E-state index is 0.412. The van der Waals surface area contributed by atoms with Crippen LogP contribution in [0, 0.1) is 6.58 Å². The number of carbonyl (C=O) groups is 1. The molecule has 0 aliphatic heterocycles. The topological polar surface area (TPSA) is 50.2 Å². The van der Waals surface area contributed by atoms with Crippen LogP contribution in [0.5, 0.6) is 0 Å². The number of hydrogen-bond acceptors (Lipinski definition) is 3. The van der Waals surface area contributed by atoms with E-state index in [4.69, 9.17) is 11.7 Å². The molecule has 15 heavy (non-hydrogen) atoms. The molecule has 0 aromatic carbocycles. The predicted octanol–water partition coefficient (Wildman–Crippen LogP) is 2.16. The largest absolute Gasteiger partial charge is 0.504 e. The van der Waals surface area contributed by atoms with Crippen LogP contribution in [0.15, 0.2) is 24.2 Å². The zero-order valence-electron chi connectivity index (χ0n) is 7.25. The van der Waals surface area contributed by atoms with Crippen molar-refractivity contribution in [2.75, 3.05) is 0 Å². The number of hydrogen-bond donors (Lipinski definition) is 1. The zero-order chi connectivity index (χ0) is 11.6. The van der Waals surface area contributed by atoms with E-state index in [1.807, 2.05) is 0 Å². The van der Waals surface area contributed by atoms with Crippen molar-refractivity contribution in [1.29, 1.82) is 0 Å². The van der Waals surface area contributed by atoms with E-state index < -0.39 is 28.8 Å². The fourth-order valence-corrected chi connectivity index (χ4v) is 0.867. The van der Waals surface area contributed by atoms with Gasteiger partial charge in [0.25, 0.3) is 0 Å². The second kappa shape index (κ2) is 3.72. The summed E-state index contributed by atoms with van der Waals surface area (Å²) in [6.45, 7) is 4.74. The van der Waals surface area contributed by atoms with Crippen molar-refractivity contribution in [3.05, 3.63) is 41.9 Å². The Balaban J connectivity index is 3.14. The van der Waals surface area contributed by atoms with E-state index in [1.165, 1.54) is 0 Å². The molecule has 0 saturated carbocycles. The van der Waals surface area contributed by atoms with Gasteiger partial charge in [-0.2, -0.15) is 13.2 Å². The lowest BCUT2D eigenvalue weighted by atomic mass is 10.1. The Labute approximate surface area is 82.9 Å². The van der Waals surface area contributed by atoms with E-state index in [0.29, 0.717) is 12.3 Å². The molecule has 1 aromatic rings. The van der Waals surface area contributed by atoms with Crippen LogP contribution in [0.2, 0.25) is 0 Å². The van der Waals surface area contributed by atoms with Gasteiger partial charge in [-0.3, -0.25) is 9.78 Å². The van der Waals surface area contributed by atoms with Gasteiger partial charge in [0.15, 0.2) is 5.76 Å². The molecule has 0 atom stereocenters. The lowest BCUT2D eigenvalue weighted by Crippen LogP contribution is -2.09. The molecule has 1 rings (SSSR count). The highest BCUT2D eigenvalue weighted by molar-refractivity contribution is 6.06. The fourth-order valence-electron chi connectivity index (χ4n) is 0.867. The minimum atomic E-state index is -4.59. The average molecular weight is 216 g/mol. The SMILES string of the molecule is [CH]=C(O)C(=O)c1cncc(C(F)(F)F)c1. The summed E-state index contributed by atoms with van der Waals surface area (Å²) < 4.78 is 36.5. The molecular formula is C9H5F3NO2. The Hall–Kier alpha value is -1.85. The van der Waals surface area contributed by atoms with Crippen molar-refractivity contribution >= 4 is 5.78 Å². The van der Waals surface area contributed by atoms with E-state index in [9.17, 15) is 18.0 Å². The first-order chi connectivity index (χ1) is 6.82. The standard InChI is InChI=1S/C9H5F3NO2/c1-5(14)8(15)6-2-7(4-13-3-6)9(10,11)12/h1-4,14H. The maximum atomic E-state index is 12.2. The van der Waals surface area contributed by atoms with E-state index >= 15 is 0 Å². The molecule has 0 aliphatic carbocycles. The summed E-state index contributed by atoms with van der Waals surface area (Å²) in [5.41, 5.74) is -1.49. The van der Waals surface area contributed by atoms with E-state index in [1.54, 1.807) is 0 Å². The quantitative estimate of drug-likeness (QED) is 0.468. The normalized spacial score (nSPS) is 11.1. The molecule has 6 heteroatoms. The number of nitrogens with zero attached hydrogens (tertiary/aromatic N) is 1. The molecule has 0 aliphatic rings. The third kappa shape index (κ3) is 2.55. The number of rotatable bonds is 2. The highest BCUT2D eigenvalue weighted by atomic mass is 19.4. The third-order valence-electron chi connectivity index (χ3n) is 1.56. The summed E-state index contributed by atoms with van der Waals surface area (Å²) in [7, 11) is 0. The lowest BCUT2D eigenvalue weighted by Gasteiger charge is -2.06. The van der Waals surface area contributed by atoms with Gasteiger partial charge < -0.3 is 5.11 Å². The number of aliphatic hydroxyl groups is 1. The molecule has 0 saturated heterocycles. The predicted molar refractivity (Wildman–Crippen MR) is 44.0 cm³/mol. The second-order valence-corrected chi connectivity index (χ2v) is 2.67. The molecule has 0 bridgehead atoms. The molecule has 79 valence electrons. The van der Waals surface area contributed by atoms with Gasteiger partial charge >= 0.3 is 6.18 Å². The molecule has 1 N–H and O–H groups in total. The van der Waals surface area contributed by atoms with Gasteiger partial charge in [-0.05, 0) is 12.6 Å². The van der Waals surface area contributed by atoms with Crippen LogP contribution in [0.4, 0.5) is 13.2 Å². The lowest BCUT2D eigenvalue weighted by molar-refractivity contribution is -0.137. The van der Waals surface area contributed by atoms with Crippen LogP contribution >= 0.6 is 0 Å². The number of alkyl halides is 3. The summed E-state index contributed by atoms with van der Waals surface area (Å²) in [5.74, 6) is -2.16. The number of ketones is 1. The Morgan fingerprint density at radius 3 is 2.47 bits per heavy atom. The molecular weight excluding hydrogens is 211 g/mol. The fraction of sp³-hybridized carbons (Fsp3) is 0.111. The van der Waals surface area contributed by atoms with Crippen LogP contribution < -0.4 is 0 Å². The molecule has 1 aromatic heterocycles. The van der Waals surface area contributed by atoms with Crippen LogP contribution in [-0.2, 0) is 6.18 Å². The van der Waals surface area contributed by atoms with Crippen LogP contribution in [0.3, 0.4) is 0 Å². The van der Waals surface area contributed by atoms with Gasteiger partial charge in [0.1, 0.15) is 0 Å². The highest BCUT2D eigenvalue weighted by Gasteiger charge is 2.31. The molecule has 0 fully saturated rings. The van der Waals surface area contributed by atoms with Crippen molar-refractivity contribution in [3.63, 3.8) is 0 Å². The summed E-state index contributed by atoms with van der Waals surface area (Å²) in [6.07, 6.45) is -3.13. The van der Waals surface area contributed by atoms with Gasteiger partial charge in [-0.1, -0.05) is 0 Å². The highest BCUT2D eigenvalue weighted by Crippen LogP contribution is 2.29. The van der Waals surface area contributed by atoms with Crippen LogP contribution in [-0.4, -0.2) is 15.9 Å². The van der Waals surface area contributed by atoms with E-state index in [2.05, 4.69) is 4.98 Å². The van der Waals surface area contributed by atoms with Gasteiger partial charge in [0.05, 0.1) is 5.56 Å². The molecule has 0 spiro atoms. The monoisotopic (exact) mass is 216 g/mol. The molecule has 0 amide bonds. The number of aromatic nitrogens is 1. The summed E-state index contributed by atoms with van der Waals surface area (Å²) in [5, 5.41) is 8.60. The summed E-state index contributed by atoms with van der Waals surface area (Å²) in [6, 6.07) is 0.568. The Morgan fingerprint density at radius 2 is 2.00 bits per heavy atom. The van der Waals surface area contributed by atoms with Gasteiger partial charge in [0, 0.05) is 18.0 Å². The van der Waals surface area contributed by atoms with E-state index in [0.717, 1.165) is 6.20 Å². The Kier molecular flexibility index (Phi) is 2.78. The van der Waals surface area contributed by atoms with Crippen molar-refractivity contribution in [3.8, 4) is 0 Å². The summed E-state index contributed by atoms with van der Waals surface area (Å²) >= 11 is 0. The van der Waals surface area contributed by atoms with Crippen molar-refractivity contribution in [2.45, 2.75) is 6.18 Å². The summed E-state index contributed by atoms with van der Waals surface area (Å²) in [4.78, 5) is 14.2. The number of Topliss-reactive ketones (excluding diaryl/α,β-unsaturated/α-hetero) is 1. The third-order valence-corrected chi connectivity index (χ3v) is 1.56. The van der Waals surface area contributed by atoms with Gasteiger partial charge in [0.2, 0.25) is 5.78 Å². The van der Waals surface area contributed by atoms with Crippen molar-refractivity contribution in [2.24, 2.45) is 0 Å². The van der Waals surface area contributed by atoms with E-state index in [-0.39, 0.29) is 0 Å². The van der Waals surface area contributed by atoms with Gasteiger partial charge in [-0.15, -0.1) is 0 Å². The molecule has 1 radical (unpaired) electrons. The number of allylic oxidation sites excluding steroid dienone is 1. The maximum Gasteiger partial charge on any atom is 0.417 e. The van der Waals surface area contributed by atoms with Crippen molar-refractivity contribution in [1.82, 2.24) is 4.98 Å². The van der Waals surface area contributed by atoms with Crippen LogP contribution in [0.1, 0.15) is 15.9 Å². The maximum absolute atomic E-state index is 12.2. The van der Waals surface area contributed by atoms with Gasteiger partial charge in [-0.25, -0.2) is 0 Å². The zero-order valence-corrected chi connectivity index (χ0v) is 7.25. The minimum Gasteiger partial charge on any atom is -0.504 e. The number of carbonyl (C=O) groups excluding carboxylic acids is 1. The first-order valence-corrected chi connectivity index (χ1v) is 3.70. The molecule has 3 nitrogen and oxygen atoms in total. The van der Waals surface area contributed by atoms with Crippen LogP contribution in [0.25, 0.3) is 0 Å². The Bertz CT molecular complexity index is 412. The molecule has 1 heterocycles. The average Bonchev–Trinajstić information content (AvgIpc) is 2.15. The Morgan fingerprint density at radius 1 is 1.40 bits per heavy atom. The first-order valence-electron chi connectivity index (χ1n) is 3.70. The van der Waals surface area contributed by atoms with Crippen molar-refractivity contribution < 1.29 is 23.1 Å². The second-order valence-electron chi connectivity index (χ2n) is 2.67.